The van der Waals surface area contributed by atoms with Crippen molar-refractivity contribution in [1.82, 2.24) is 0 Å². The van der Waals surface area contributed by atoms with E-state index >= 15 is 0 Å². The molecule has 3 rings (SSSR count). The number of anilines is 2. The van der Waals surface area contributed by atoms with Crippen LogP contribution in [0, 0.1) is 6.92 Å². The highest BCUT2D eigenvalue weighted by molar-refractivity contribution is 7.98. The molecule has 3 aromatic rings. The lowest BCUT2D eigenvalue weighted by atomic mass is 10.2. The number of nitrogens with one attached hydrogen (secondary N) is 2. The minimum Gasteiger partial charge on any atom is -0.322 e. The molecule has 0 atom stereocenters. The Morgan fingerprint density at radius 1 is 0.966 bits per heavy atom. The molecular formula is C21H19ClN2O3S2. The number of benzene rings is 3. The molecule has 1 amide bonds. The number of carbonyl (C=O) groups excluding carboxylic acids is 1. The van der Waals surface area contributed by atoms with Crippen molar-refractivity contribution in [2.75, 3.05) is 16.3 Å². The van der Waals surface area contributed by atoms with Gasteiger partial charge in [-0.2, -0.15) is 0 Å². The summed E-state index contributed by atoms with van der Waals surface area (Å²) in [6.07, 6.45) is 1.95. The van der Waals surface area contributed by atoms with Gasteiger partial charge in [0.1, 0.15) is 0 Å². The van der Waals surface area contributed by atoms with Gasteiger partial charge in [-0.05, 0) is 61.7 Å². The molecule has 0 heterocycles. The average Bonchev–Trinajstić information content (AvgIpc) is 2.69. The summed E-state index contributed by atoms with van der Waals surface area (Å²) in [4.78, 5) is 13.8. The van der Waals surface area contributed by atoms with Crippen molar-refractivity contribution in [3.63, 3.8) is 0 Å². The molecule has 3 aromatic carbocycles. The lowest BCUT2D eigenvalue weighted by Crippen LogP contribution is -2.15. The number of halogens is 1. The number of sulfonamides is 1. The Hall–Kier alpha value is -2.48. The maximum Gasteiger partial charge on any atom is 0.261 e. The van der Waals surface area contributed by atoms with Crippen LogP contribution in [-0.2, 0) is 10.0 Å². The Morgan fingerprint density at radius 3 is 2.38 bits per heavy atom. The molecule has 0 spiro atoms. The van der Waals surface area contributed by atoms with Crippen LogP contribution in [0.5, 0.6) is 0 Å². The Kier molecular flexibility index (Phi) is 6.52. The van der Waals surface area contributed by atoms with E-state index in [9.17, 15) is 13.2 Å². The van der Waals surface area contributed by atoms with Crippen molar-refractivity contribution < 1.29 is 13.2 Å². The predicted molar refractivity (Wildman–Crippen MR) is 120 cm³/mol. The van der Waals surface area contributed by atoms with Crippen molar-refractivity contribution in [2.24, 2.45) is 0 Å². The van der Waals surface area contributed by atoms with Gasteiger partial charge in [0.2, 0.25) is 0 Å². The summed E-state index contributed by atoms with van der Waals surface area (Å²) in [7, 11) is -3.78. The monoisotopic (exact) mass is 446 g/mol. The van der Waals surface area contributed by atoms with E-state index in [1.807, 2.05) is 31.4 Å². The summed E-state index contributed by atoms with van der Waals surface area (Å²) in [5, 5.41) is 3.01. The number of hydrogen-bond acceptors (Lipinski definition) is 4. The topological polar surface area (TPSA) is 75.3 Å². The number of aryl methyl sites for hydroxylation is 1. The largest absolute Gasteiger partial charge is 0.322 e. The highest BCUT2D eigenvalue weighted by atomic mass is 35.5. The van der Waals surface area contributed by atoms with E-state index in [1.54, 1.807) is 30.0 Å². The Morgan fingerprint density at radius 2 is 1.69 bits per heavy atom. The number of rotatable bonds is 6. The van der Waals surface area contributed by atoms with Crippen LogP contribution in [0.4, 0.5) is 11.4 Å². The van der Waals surface area contributed by atoms with Gasteiger partial charge in [0.25, 0.3) is 15.9 Å². The number of amides is 1. The van der Waals surface area contributed by atoms with Crippen molar-refractivity contribution in [1.29, 1.82) is 0 Å². The molecule has 29 heavy (non-hydrogen) atoms. The van der Waals surface area contributed by atoms with E-state index in [0.29, 0.717) is 5.69 Å². The van der Waals surface area contributed by atoms with Gasteiger partial charge in [0, 0.05) is 16.3 Å². The Bertz CT molecular complexity index is 1150. The molecule has 0 bridgehead atoms. The van der Waals surface area contributed by atoms with Crippen LogP contribution in [0.1, 0.15) is 15.9 Å². The van der Waals surface area contributed by atoms with E-state index in [-0.39, 0.29) is 21.2 Å². The SMILES string of the molecule is CSc1cccc(NC(=O)c2cc(NS(=O)(=O)c3ccc(C)cc3)ccc2Cl)c1. The van der Waals surface area contributed by atoms with Gasteiger partial charge in [-0.1, -0.05) is 35.4 Å². The van der Waals surface area contributed by atoms with E-state index in [2.05, 4.69) is 10.0 Å². The Balaban J connectivity index is 1.83. The standard InChI is InChI=1S/C21H19ClN2O3S2/c1-14-6-9-18(10-7-14)29(26,27)24-16-8-11-20(22)19(13-16)21(25)23-15-4-3-5-17(12-15)28-2/h3-13,24H,1-2H3,(H,23,25). The lowest BCUT2D eigenvalue weighted by molar-refractivity contribution is 0.102. The average molecular weight is 447 g/mol. The van der Waals surface area contributed by atoms with Crippen LogP contribution < -0.4 is 10.0 Å². The highest BCUT2D eigenvalue weighted by Crippen LogP contribution is 2.25. The fourth-order valence-electron chi connectivity index (χ4n) is 2.59. The van der Waals surface area contributed by atoms with Crippen LogP contribution in [-0.4, -0.2) is 20.6 Å². The van der Waals surface area contributed by atoms with Gasteiger partial charge in [-0.25, -0.2) is 8.42 Å². The summed E-state index contributed by atoms with van der Waals surface area (Å²) < 4.78 is 27.7. The van der Waals surface area contributed by atoms with Crippen LogP contribution in [0.3, 0.4) is 0 Å². The second-order valence-corrected chi connectivity index (χ2v) is 9.27. The fraction of sp³-hybridized carbons (Fsp3) is 0.0952. The molecule has 5 nitrogen and oxygen atoms in total. The summed E-state index contributed by atoms with van der Waals surface area (Å²) in [6.45, 7) is 1.88. The van der Waals surface area contributed by atoms with E-state index in [4.69, 9.17) is 11.6 Å². The molecule has 8 heteroatoms. The fourth-order valence-corrected chi connectivity index (χ4v) is 4.31. The third-order valence-corrected chi connectivity index (χ3v) is 6.57. The Labute approximate surface area is 179 Å². The molecule has 0 radical (unpaired) electrons. The smallest absolute Gasteiger partial charge is 0.261 e. The third kappa shape index (κ3) is 5.32. The first kappa shape index (κ1) is 21.2. The minimum atomic E-state index is -3.78. The summed E-state index contributed by atoms with van der Waals surface area (Å²) in [6, 6.07) is 18.3. The van der Waals surface area contributed by atoms with Gasteiger partial charge in [0.05, 0.1) is 15.5 Å². The first-order valence-electron chi connectivity index (χ1n) is 8.63. The molecule has 0 saturated heterocycles. The first-order chi connectivity index (χ1) is 13.8. The molecule has 0 saturated carbocycles. The molecule has 0 fully saturated rings. The van der Waals surface area contributed by atoms with Crippen LogP contribution >= 0.6 is 23.4 Å². The van der Waals surface area contributed by atoms with Crippen molar-refractivity contribution in [3.05, 3.63) is 82.9 Å². The summed E-state index contributed by atoms with van der Waals surface area (Å²) in [5.74, 6) is -0.426. The maximum atomic E-state index is 12.7. The third-order valence-electron chi connectivity index (χ3n) is 4.12. The quantitative estimate of drug-likeness (QED) is 0.495. The highest BCUT2D eigenvalue weighted by Gasteiger charge is 2.17. The predicted octanol–water partition coefficient (Wildman–Crippen LogP) is 5.42. The van der Waals surface area contributed by atoms with Gasteiger partial charge in [-0.15, -0.1) is 11.8 Å². The number of thioether (sulfide) groups is 1. The molecular weight excluding hydrogens is 428 g/mol. The molecule has 0 aliphatic rings. The van der Waals surface area contributed by atoms with Gasteiger partial charge < -0.3 is 5.32 Å². The number of carbonyl (C=O) groups is 1. The van der Waals surface area contributed by atoms with E-state index in [1.165, 1.54) is 30.3 Å². The van der Waals surface area contributed by atoms with Crippen LogP contribution in [0.2, 0.25) is 5.02 Å². The van der Waals surface area contributed by atoms with Crippen LogP contribution in [0.15, 0.2) is 76.5 Å². The van der Waals surface area contributed by atoms with Gasteiger partial charge in [-0.3, -0.25) is 9.52 Å². The van der Waals surface area contributed by atoms with Crippen LogP contribution in [0.25, 0.3) is 0 Å². The zero-order valence-electron chi connectivity index (χ0n) is 15.8. The summed E-state index contributed by atoms with van der Waals surface area (Å²) in [5.41, 5.74) is 2.01. The maximum absolute atomic E-state index is 12.7. The second-order valence-electron chi connectivity index (χ2n) is 6.30. The lowest BCUT2D eigenvalue weighted by Gasteiger charge is -2.12. The second kappa shape index (κ2) is 8.90. The van der Waals surface area contributed by atoms with Crippen molar-refractivity contribution in [2.45, 2.75) is 16.7 Å². The first-order valence-corrected chi connectivity index (χ1v) is 11.7. The summed E-state index contributed by atoms with van der Waals surface area (Å²) >= 11 is 7.74. The molecule has 0 unspecified atom stereocenters. The number of hydrogen-bond donors (Lipinski definition) is 2. The zero-order valence-corrected chi connectivity index (χ0v) is 18.2. The van der Waals surface area contributed by atoms with E-state index in [0.717, 1.165) is 10.5 Å². The van der Waals surface area contributed by atoms with Crippen molar-refractivity contribution in [3.8, 4) is 0 Å². The molecule has 0 aromatic heterocycles. The van der Waals surface area contributed by atoms with E-state index < -0.39 is 15.9 Å². The molecule has 0 aliphatic carbocycles. The zero-order chi connectivity index (χ0) is 21.0. The van der Waals surface area contributed by atoms with Gasteiger partial charge >= 0.3 is 0 Å². The molecule has 150 valence electrons. The minimum absolute atomic E-state index is 0.137. The van der Waals surface area contributed by atoms with Crippen molar-refractivity contribution >= 4 is 50.7 Å². The molecule has 2 N–H and O–H groups in total. The normalized spacial score (nSPS) is 11.1. The van der Waals surface area contributed by atoms with Gasteiger partial charge in [0.15, 0.2) is 0 Å². The molecule has 0 aliphatic heterocycles.